The first-order valence-corrected chi connectivity index (χ1v) is 9.70. The first-order valence-electron chi connectivity index (χ1n) is 8.26. The Bertz CT molecular complexity index is 1170. The van der Waals surface area contributed by atoms with E-state index in [0.717, 1.165) is 16.7 Å². The predicted molar refractivity (Wildman–Crippen MR) is 100 cm³/mol. The van der Waals surface area contributed by atoms with E-state index >= 15 is 0 Å². The summed E-state index contributed by atoms with van der Waals surface area (Å²) in [5, 5.41) is 5.09. The largest absolute Gasteiger partial charge is 0.384 e. The molecule has 0 saturated carbocycles. The first kappa shape index (κ1) is 19.7. The van der Waals surface area contributed by atoms with Gasteiger partial charge in [0.25, 0.3) is 27.5 Å². The van der Waals surface area contributed by atoms with Gasteiger partial charge in [0.05, 0.1) is 16.8 Å². The molecule has 2 amide bonds. The molecule has 1 aliphatic rings. The van der Waals surface area contributed by atoms with E-state index < -0.39 is 32.4 Å². The number of anilines is 1. The van der Waals surface area contributed by atoms with Crippen molar-refractivity contribution in [1.82, 2.24) is 15.2 Å². The number of nitrogens with zero attached hydrogens (tertiary/aromatic N) is 1. The van der Waals surface area contributed by atoms with Gasteiger partial charge in [-0.05, 0) is 17.7 Å². The van der Waals surface area contributed by atoms with Crippen LogP contribution in [-0.2, 0) is 16.7 Å². The fourth-order valence-corrected chi connectivity index (χ4v) is 3.67. The van der Waals surface area contributed by atoms with Gasteiger partial charge in [0.2, 0.25) is 0 Å². The molecule has 11 heteroatoms. The van der Waals surface area contributed by atoms with Crippen LogP contribution in [-0.4, -0.2) is 35.4 Å². The normalized spacial score (nSPS) is 13.7. The van der Waals surface area contributed by atoms with Gasteiger partial charge >= 0.3 is 0 Å². The van der Waals surface area contributed by atoms with Gasteiger partial charge in [-0.2, -0.15) is 8.42 Å². The van der Waals surface area contributed by atoms with Crippen molar-refractivity contribution in [3.05, 3.63) is 51.3 Å². The van der Waals surface area contributed by atoms with E-state index in [4.69, 9.17) is 5.73 Å². The Morgan fingerprint density at radius 3 is 2.46 bits per heavy atom. The molecule has 0 radical (unpaired) electrons. The number of carbonyl (C=O) groups excluding carboxylic acids is 2. The van der Waals surface area contributed by atoms with E-state index in [1.807, 2.05) is 19.2 Å². The lowest BCUT2D eigenvalue weighted by atomic mass is 10.1. The van der Waals surface area contributed by atoms with Crippen LogP contribution in [0.2, 0.25) is 0 Å². The molecule has 2 heterocycles. The average Bonchev–Trinajstić information content (AvgIpc) is 2.86. The van der Waals surface area contributed by atoms with Gasteiger partial charge in [-0.15, -0.1) is 0 Å². The summed E-state index contributed by atoms with van der Waals surface area (Å²) in [6.07, 6.45) is 0. The fourth-order valence-electron chi connectivity index (χ4n) is 2.93. The Labute approximate surface area is 160 Å². The Morgan fingerprint density at radius 2 is 1.86 bits per heavy atom. The molecule has 28 heavy (non-hydrogen) atoms. The molecule has 2 aromatic rings. The van der Waals surface area contributed by atoms with Gasteiger partial charge in [0.15, 0.2) is 0 Å². The van der Waals surface area contributed by atoms with Gasteiger partial charge in [-0.1, -0.05) is 19.9 Å². The van der Waals surface area contributed by atoms with E-state index in [9.17, 15) is 27.4 Å². The Hall–Kier alpha value is -3.02. The Morgan fingerprint density at radius 1 is 1.18 bits per heavy atom. The summed E-state index contributed by atoms with van der Waals surface area (Å²) in [5.41, 5.74) is 5.23. The minimum absolute atomic E-state index is 0.0263. The van der Waals surface area contributed by atoms with E-state index in [-0.39, 0.29) is 35.2 Å². The molecule has 3 rings (SSSR count). The number of hydrogen-bond donors (Lipinski definition) is 4. The molecule has 0 aliphatic carbocycles. The highest BCUT2D eigenvalue weighted by Gasteiger charge is 2.32. The highest BCUT2D eigenvalue weighted by molar-refractivity contribution is 7.85. The zero-order valence-corrected chi connectivity index (χ0v) is 15.8. The summed E-state index contributed by atoms with van der Waals surface area (Å²) in [4.78, 5) is 35.8. The molecule has 1 aromatic carbocycles. The van der Waals surface area contributed by atoms with Gasteiger partial charge in [0, 0.05) is 18.7 Å². The molecule has 1 aromatic heterocycles. The maximum Gasteiger partial charge on any atom is 0.294 e. The minimum atomic E-state index is -4.60. The number of hydrogen-bond acceptors (Lipinski definition) is 7. The number of nitrogens with two attached hydrogens (primary N) is 1. The quantitative estimate of drug-likeness (QED) is 0.400. The molecule has 0 saturated heterocycles. The van der Waals surface area contributed by atoms with Crippen LogP contribution in [0.5, 0.6) is 0 Å². The van der Waals surface area contributed by atoms with E-state index in [2.05, 4.69) is 5.32 Å². The molecular weight excluding hydrogens is 388 g/mol. The lowest BCUT2D eigenvalue weighted by Gasteiger charge is -2.15. The summed E-state index contributed by atoms with van der Waals surface area (Å²) in [6, 6.07) is 4.97. The number of imide groups is 1. The summed E-state index contributed by atoms with van der Waals surface area (Å²) in [6.45, 7) is 3.91. The molecule has 0 fully saturated rings. The van der Waals surface area contributed by atoms with E-state index in [1.165, 1.54) is 12.1 Å². The van der Waals surface area contributed by atoms with Crippen LogP contribution in [0.25, 0.3) is 5.69 Å². The highest BCUT2D eigenvalue weighted by Crippen LogP contribution is 2.25. The van der Waals surface area contributed by atoms with Crippen LogP contribution in [0, 0.1) is 0 Å². The van der Waals surface area contributed by atoms with Crippen LogP contribution < -0.4 is 21.9 Å². The molecule has 0 spiro atoms. The van der Waals surface area contributed by atoms with Crippen LogP contribution in [0.3, 0.4) is 0 Å². The number of fused-ring (bicyclic) bond motifs is 1. The monoisotopic (exact) mass is 406 g/mol. The third kappa shape index (κ3) is 3.42. The van der Waals surface area contributed by atoms with Crippen molar-refractivity contribution in [2.75, 3.05) is 5.73 Å². The zero-order chi connectivity index (χ0) is 20.8. The van der Waals surface area contributed by atoms with Crippen LogP contribution in [0.4, 0.5) is 5.82 Å². The zero-order valence-electron chi connectivity index (χ0n) is 15.0. The SMILES string of the molecule is CC(C)NCc1ccc(-n2c(N)c3c(cc2=O)C(=O)NC3=O)cc1S(=O)(=O)O. The third-order valence-electron chi connectivity index (χ3n) is 4.24. The first-order chi connectivity index (χ1) is 13.0. The number of pyridine rings is 1. The second-order valence-corrected chi connectivity index (χ2v) is 7.97. The van der Waals surface area contributed by atoms with Crippen LogP contribution in [0.15, 0.2) is 34.0 Å². The average molecular weight is 406 g/mol. The lowest BCUT2D eigenvalue weighted by molar-refractivity contribution is 0.0880. The number of benzene rings is 1. The van der Waals surface area contributed by atoms with Gasteiger partial charge in [0.1, 0.15) is 10.7 Å². The molecule has 0 bridgehead atoms. The summed E-state index contributed by atoms with van der Waals surface area (Å²) in [5.74, 6) is -1.79. The smallest absolute Gasteiger partial charge is 0.294 e. The number of rotatable bonds is 5. The maximum absolute atomic E-state index is 12.5. The maximum atomic E-state index is 12.5. The van der Waals surface area contributed by atoms with Crippen molar-refractivity contribution < 1.29 is 22.6 Å². The number of carbonyl (C=O) groups is 2. The summed E-state index contributed by atoms with van der Waals surface area (Å²) in [7, 11) is -4.60. The highest BCUT2D eigenvalue weighted by atomic mass is 32.2. The Balaban J connectivity index is 2.21. The second-order valence-electron chi connectivity index (χ2n) is 6.58. The molecule has 10 nitrogen and oxygen atoms in total. The van der Waals surface area contributed by atoms with Crippen molar-refractivity contribution in [3.63, 3.8) is 0 Å². The second kappa shape index (κ2) is 6.86. The van der Waals surface area contributed by atoms with E-state index in [0.29, 0.717) is 5.56 Å². The number of aromatic nitrogens is 1. The molecule has 148 valence electrons. The molecule has 1 aliphatic heterocycles. The van der Waals surface area contributed by atoms with Gasteiger partial charge in [-0.25, -0.2) is 0 Å². The number of amides is 2. The van der Waals surface area contributed by atoms with Crippen molar-refractivity contribution in [3.8, 4) is 5.69 Å². The van der Waals surface area contributed by atoms with Crippen molar-refractivity contribution >= 4 is 27.8 Å². The van der Waals surface area contributed by atoms with Gasteiger partial charge in [-0.3, -0.25) is 28.8 Å². The predicted octanol–water partition coefficient (Wildman–Crippen LogP) is 0.0480. The Kier molecular flexibility index (Phi) is 4.83. The summed E-state index contributed by atoms with van der Waals surface area (Å²) < 4.78 is 34.2. The van der Waals surface area contributed by atoms with Crippen LogP contribution >= 0.6 is 0 Å². The van der Waals surface area contributed by atoms with Crippen molar-refractivity contribution in [2.45, 2.75) is 31.3 Å². The topological polar surface area (TPSA) is 161 Å². The fraction of sp³-hybridized carbons (Fsp3) is 0.235. The summed E-state index contributed by atoms with van der Waals surface area (Å²) >= 11 is 0. The van der Waals surface area contributed by atoms with Crippen molar-refractivity contribution in [2.24, 2.45) is 0 Å². The van der Waals surface area contributed by atoms with Gasteiger partial charge < -0.3 is 11.1 Å². The van der Waals surface area contributed by atoms with E-state index in [1.54, 1.807) is 0 Å². The van der Waals surface area contributed by atoms with Crippen LogP contribution in [0.1, 0.15) is 40.1 Å². The molecular formula is C17H18N4O6S. The number of nitrogens with one attached hydrogen (secondary N) is 2. The number of nitrogen functional groups attached to an aromatic ring is 1. The van der Waals surface area contributed by atoms with Crippen molar-refractivity contribution in [1.29, 1.82) is 0 Å². The minimum Gasteiger partial charge on any atom is -0.384 e. The third-order valence-corrected chi connectivity index (χ3v) is 5.18. The standard InChI is InChI=1S/C17H18N4O6S/c1-8(2)19-7-9-3-4-10(5-12(9)28(25,26)27)21-13(22)6-11-14(15(21)18)17(24)20-16(11)23/h3-6,8,19H,7,18H2,1-2H3,(H,20,23,24)(H,25,26,27). The molecule has 0 atom stereocenters. The molecule has 5 N–H and O–H groups in total. The molecule has 0 unspecified atom stereocenters. The lowest BCUT2D eigenvalue weighted by Crippen LogP contribution is -2.25.